The molecular weight excluding hydrogens is 240 g/mol. The number of amides is 1. The molecule has 102 valence electrons. The van der Waals surface area contributed by atoms with E-state index in [1.807, 2.05) is 12.1 Å². The molecule has 0 aromatic heterocycles. The van der Waals surface area contributed by atoms with Crippen LogP contribution in [0.25, 0.3) is 0 Å². The Morgan fingerprint density at radius 3 is 2.95 bits per heavy atom. The molecule has 1 saturated heterocycles. The van der Waals surface area contributed by atoms with E-state index in [4.69, 9.17) is 0 Å². The zero-order valence-corrected chi connectivity index (χ0v) is 11.0. The van der Waals surface area contributed by atoms with Crippen LogP contribution in [0.2, 0.25) is 0 Å². The number of carbonyl (C=O) groups excluding carboxylic acids is 1. The molecule has 1 aromatic carbocycles. The Hall–Kier alpha value is -1.55. The van der Waals surface area contributed by atoms with Crippen molar-refractivity contribution < 1.29 is 9.90 Å². The first-order valence-electron chi connectivity index (χ1n) is 7.07. The molecule has 1 fully saturated rings. The lowest BCUT2D eigenvalue weighted by Crippen LogP contribution is -2.47. The lowest BCUT2D eigenvalue weighted by atomic mass is 9.86. The highest BCUT2D eigenvalue weighted by molar-refractivity contribution is 5.76. The van der Waals surface area contributed by atoms with E-state index >= 15 is 0 Å². The number of rotatable bonds is 2. The maximum atomic E-state index is 11.2. The smallest absolute Gasteiger partial charge is 0.220 e. The second kappa shape index (κ2) is 5.21. The van der Waals surface area contributed by atoms with E-state index in [9.17, 15) is 9.90 Å². The summed E-state index contributed by atoms with van der Waals surface area (Å²) in [6, 6.07) is 6.32. The molecule has 0 spiro atoms. The van der Waals surface area contributed by atoms with Gasteiger partial charge in [0.2, 0.25) is 5.91 Å². The van der Waals surface area contributed by atoms with Crippen LogP contribution in [0.3, 0.4) is 0 Å². The summed E-state index contributed by atoms with van der Waals surface area (Å²) in [4.78, 5) is 11.2. The first kappa shape index (κ1) is 12.5. The predicted octanol–water partition coefficient (Wildman–Crippen LogP) is 1.64. The Labute approximate surface area is 113 Å². The molecule has 1 aromatic rings. The van der Waals surface area contributed by atoms with Gasteiger partial charge in [0.15, 0.2) is 0 Å². The number of carbonyl (C=O) groups is 1. The van der Waals surface area contributed by atoms with Crippen molar-refractivity contribution in [1.82, 2.24) is 10.6 Å². The van der Waals surface area contributed by atoms with Crippen molar-refractivity contribution in [3.05, 3.63) is 29.3 Å². The highest BCUT2D eigenvalue weighted by Gasteiger charge is 2.25. The number of benzene rings is 1. The van der Waals surface area contributed by atoms with Gasteiger partial charge in [-0.15, -0.1) is 0 Å². The van der Waals surface area contributed by atoms with E-state index < -0.39 is 0 Å². The number of fused-ring (bicyclic) bond motifs is 1. The molecule has 2 unspecified atom stereocenters. The summed E-state index contributed by atoms with van der Waals surface area (Å²) in [5.74, 6) is 0.490. The van der Waals surface area contributed by atoms with E-state index in [0.717, 1.165) is 19.3 Å². The monoisotopic (exact) mass is 260 g/mol. The van der Waals surface area contributed by atoms with Crippen LogP contribution in [0.4, 0.5) is 0 Å². The molecule has 1 amide bonds. The Morgan fingerprint density at radius 1 is 1.26 bits per heavy atom. The van der Waals surface area contributed by atoms with E-state index in [-0.39, 0.29) is 5.91 Å². The number of phenols is 1. The van der Waals surface area contributed by atoms with Gasteiger partial charge in [-0.25, -0.2) is 0 Å². The van der Waals surface area contributed by atoms with Gasteiger partial charge < -0.3 is 15.7 Å². The fourth-order valence-corrected chi connectivity index (χ4v) is 3.12. The van der Waals surface area contributed by atoms with Gasteiger partial charge in [-0.3, -0.25) is 4.79 Å². The molecule has 0 radical (unpaired) electrons. The molecule has 1 aliphatic carbocycles. The van der Waals surface area contributed by atoms with E-state index in [1.54, 1.807) is 6.07 Å². The van der Waals surface area contributed by atoms with Crippen molar-refractivity contribution in [2.75, 3.05) is 6.54 Å². The number of piperidine rings is 1. The first-order valence-corrected chi connectivity index (χ1v) is 7.07. The van der Waals surface area contributed by atoms with Crippen LogP contribution in [-0.2, 0) is 11.2 Å². The van der Waals surface area contributed by atoms with Crippen molar-refractivity contribution in [1.29, 1.82) is 0 Å². The Kier molecular flexibility index (Phi) is 3.42. The fourth-order valence-electron chi connectivity index (χ4n) is 3.12. The summed E-state index contributed by atoms with van der Waals surface area (Å²) < 4.78 is 0. The third-order valence-corrected chi connectivity index (χ3v) is 4.15. The van der Waals surface area contributed by atoms with Gasteiger partial charge >= 0.3 is 0 Å². The largest absolute Gasteiger partial charge is 0.508 e. The standard InChI is InChI=1S/C15H20N2O2/c18-12-6-4-10-2-1-3-14(13(10)8-12)17-11-5-7-15(19)16-9-11/h4,6,8,11,14,17-18H,1-3,5,7,9H2,(H,16,19). The van der Waals surface area contributed by atoms with Gasteiger partial charge in [0.1, 0.15) is 5.75 Å². The molecule has 2 atom stereocenters. The molecule has 4 nitrogen and oxygen atoms in total. The number of aromatic hydroxyl groups is 1. The SMILES string of the molecule is O=C1CCC(NC2CCCc3ccc(O)cc32)CN1. The van der Waals surface area contributed by atoms with Crippen LogP contribution < -0.4 is 10.6 Å². The number of aryl methyl sites for hydroxylation is 1. The minimum Gasteiger partial charge on any atom is -0.508 e. The molecule has 0 saturated carbocycles. The second-order valence-corrected chi connectivity index (χ2v) is 5.53. The van der Waals surface area contributed by atoms with E-state index in [1.165, 1.54) is 17.5 Å². The van der Waals surface area contributed by atoms with Gasteiger partial charge in [0.05, 0.1) is 0 Å². The van der Waals surface area contributed by atoms with Crippen LogP contribution in [0.5, 0.6) is 5.75 Å². The van der Waals surface area contributed by atoms with E-state index in [2.05, 4.69) is 10.6 Å². The van der Waals surface area contributed by atoms with Gasteiger partial charge in [0.25, 0.3) is 0 Å². The van der Waals surface area contributed by atoms with Crippen LogP contribution >= 0.6 is 0 Å². The molecular formula is C15H20N2O2. The minimum absolute atomic E-state index is 0.153. The van der Waals surface area contributed by atoms with Crippen LogP contribution in [0, 0.1) is 0 Å². The Balaban J connectivity index is 1.72. The summed E-state index contributed by atoms with van der Waals surface area (Å²) >= 11 is 0. The minimum atomic E-state index is 0.153. The summed E-state index contributed by atoms with van der Waals surface area (Å²) in [5, 5.41) is 16.2. The highest BCUT2D eigenvalue weighted by Crippen LogP contribution is 2.32. The summed E-state index contributed by atoms with van der Waals surface area (Å²) in [7, 11) is 0. The van der Waals surface area contributed by atoms with Gasteiger partial charge in [-0.2, -0.15) is 0 Å². The Morgan fingerprint density at radius 2 is 2.16 bits per heavy atom. The molecule has 0 bridgehead atoms. The molecule has 2 aliphatic rings. The predicted molar refractivity (Wildman–Crippen MR) is 73.0 cm³/mol. The maximum Gasteiger partial charge on any atom is 0.220 e. The van der Waals surface area contributed by atoms with Crippen LogP contribution in [-0.4, -0.2) is 23.6 Å². The lowest BCUT2D eigenvalue weighted by molar-refractivity contribution is -0.122. The number of hydrogen-bond donors (Lipinski definition) is 3. The summed E-state index contributed by atoms with van der Waals surface area (Å²) in [6.07, 6.45) is 4.87. The number of phenolic OH excluding ortho intramolecular Hbond substituents is 1. The zero-order chi connectivity index (χ0) is 13.2. The number of hydrogen-bond acceptors (Lipinski definition) is 3. The van der Waals surface area contributed by atoms with Crippen molar-refractivity contribution in [3.63, 3.8) is 0 Å². The van der Waals surface area contributed by atoms with Crippen LogP contribution in [0.1, 0.15) is 42.9 Å². The van der Waals surface area contributed by atoms with Gasteiger partial charge in [-0.05, 0) is 48.9 Å². The van der Waals surface area contributed by atoms with Crippen molar-refractivity contribution in [2.45, 2.75) is 44.2 Å². The normalized spacial score (nSPS) is 26.6. The summed E-state index contributed by atoms with van der Waals surface area (Å²) in [6.45, 7) is 0.712. The van der Waals surface area contributed by atoms with Crippen molar-refractivity contribution >= 4 is 5.91 Å². The van der Waals surface area contributed by atoms with E-state index in [0.29, 0.717) is 30.8 Å². The van der Waals surface area contributed by atoms with Crippen molar-refractivity contribution in [2.24, 2.45) is 0 Å². The zero-order valence-electron chi connectivity index (χ0n) is 11.0. The topological polar surface area (TPSA) is 61.4 Å². The quantitative estimate of drug-likeness (QED) is 0.757. The maximum absolute atomic E-state index is 11.2. The molecule has 1 aliphatic heterocycles. The third-order valence-electron chi connectivity index (χ3n) is 4.15. The first-order chi connectivity index (χ1) is 9.22. The summed E-state index contributed by atoms with van der Waals surface area (Å²) in [5.41, 5.74) is 2.56. The molecule has 4 heteroatoms. The average molecular weight is 260 g/mol. The van der Waals surface area contributed by atoms with Gasteiger partial charge in [0, 0.05) is 25.0 Å². The molecule has 1 heterocycles. The Bertz CT molecular complexity index is 477. The van der Waals surface area contributed by atoms with Crippen LogP contribution in [0.15, 0.2) is 18.2 Å². The third kappa shape index (κ3) is 2.73. The highest BCUT2D eigenvalue weighted by atomic mass is 16.3. The van der Waals surface area contributed by atoms with Gasteiger partial charge in [-0.1, -0.05) is 6.07 Å². The molecule has 3 rings (SSSR count). The average Bonchev–Trinajstić information content (AvgIpc) is 2.42. The lowest BCUT2D eigenvalue weighted by Gasteiger charge is -2.32. The number of nitrogens with one attached hydrogen (secondary N) is 2. The second-order valence-electron chi connectivity index (χ2n) is 5.53. The van der Waals surface area contributed by atoms with Crippen molar-refractivity contribution in [3.8, 4) is 5.75 Å². The molecule has 3 N–H and O–H groups in total. The fraction of sp³-hybridized carbons (Fsp3) is 0.533. The molecule has 19 heavy (non-hydrogen) atoms.